The van der Waals surface area contributed by atoms with Gasteiger partial charge in [0.25, 0.3) is 0 Å². The van der Waals surface area contributed by atoms with E-state index in [9.17, 15) is 0 Å². The van der Waals surface area contributed by atoms with Crippen LogP contribution >= 0.6 is 0 Å². The third-order valence-electron chi connectivity index (χ3n) is 3.45. The molecule has 1 heterocycles. The minimum Gasteiger partial charge on any atom is -0.326 e. The Morgan fingerprint density at radius 1 is 1.05 bits per heavy atom. The quantitative estimate of drug-likeness (QED) is 0.760. The molecule has 0 saturated heterocycles. The number of aromatic nitrogens is 2. The average molecular weight is 251 g/mol. The fraction of sp³-hybridized carbons (Fsp3) is 0.188. The van der Waals surface area contributed by atoms with Gasteiger partial charge in [-0.05, 0) is 36.9 Å². The van der Waals surface area contributed by atoms with E-state index in [-0.39, 0.29) is 0 Å². The largest absolute Gasteiger partial charge is 0.326 e. The summed E-state index contributed by atoms with van der Waals surface area (Å²) in [5, 5.41) is 6.97. The summed E-state index contributed by atoms with van der Waals surface area (Å²) in [5.41, 5.74) is 10.3. The van der Waals surface area contributed by atoms with E-state index in [2.05, 4.69) is 48.4 Å². The molecule has 0 spiro atoms. The Morgan fingerprint density at radius 3 is 2.42 bits per heavy atom. The summed E-state index contributed by atoms with van der Waals surface area (Å²) < 4.78 is 2.00. The minimum atomic E-state index is 0.553. The molecule has 0 aliphatic rings. The summed E-state index contributed by atoms with van der Waals surface area (Å²) in [6.45, 7) is 4.64. The zero-order chi connectivity index (χ0) is 13.4. The monoisotopic (exact) mass is 251 g/mol. The maximum atomic E-state index is 5.82. The van der Waals surface area contributed by atoms with Gasteiger partial charge in [-0.15, -0.1) is 0 Å². The molecule has 1 aromatic heterocycles. The standard InChI is InChI=1S/C16H17N3/c1-11-9-12(2)19(18-11)16-8-7-13(10-17)14-5-3-4-6-15(14)16/h3-9H,10,17H2,1-2H3. The van der Waals surface area contributed by atoms with Crippen LogP contribution in [0.1, 0.15) is 17.0 Å². The van der Waals surface area contributed by atoms with Crippen molar-refractivity contribution in [2.45, 2.75) is 20.4 Å². The molecule has 3 aromatic rings. The molecular formula is C16H17N3. The molecule has 0 saturated carbocycles. The predicted molar refractivity (Wildman–Crippen MR) is 78.4 cm³/mol. The zero-order valence-electron chi connectivity index (χ0n) is 11.2. The summed E-state index contributed by atoms with van der Waals surface area (Å²) in [6.07, 6.45) is 0. The first-order valence-corrected chi connectivity index (χ1v) is 6.45. The number of fused-ring (bicyclic) bond motifs is 1. The van der Waals surface area contributed by atoms with Crippen LogP contribution in [-0.2, 0) is 6.54 Å². The second-order valence-corrected chi connectivity index (χ2v) is 4.83. The molecule has 96 valence electrons. The highest BCUT2D eigenvalue weighted by molar-refractivity contribution is 5.92. The van der Waals surface area contributed by atoms with Crippen LogP contribution in [0.2, 0.25) is 0 Å². The lowest BCUT2D eigenvalue weighted by Gasteiger charge is -2.11. The number of aryl methyl sites for hydroxylation is 2. The predicted octanol–water partition coefficient (Wildman–Crippen LogP) is 3.10. The highest BCUT2D eigenvalue weighted by Gasteiger charge is 2.09. The number of nitrogens with zero attached hydrogens (tertiary/aromatic N) is 2. The van der Waals surface area contributed by atoms with Crippen molar-refractivity contribution < 1.29 is 0 Å². The third kappa shape index (κ3) is 1.92. The normalized spacial score (nSPS) is 11.1. The lowest BCUT2D eigenvalue weighted by atomic mass is 10.0. The maximum Gasteiger partial charge on any atom is 0.0727 e. The number of hydrogen-bond acceptors (Lipinski definition) is 2. The van der Waals surface area contributed by atoms with Crippen LogP contribution in [0.5, 0.6) is 0 Å². The molecule has 0 radical (unpaired) electrons. The zero-order valence-corrected chi connectivity index (χ0v) is 11.2. The summed E-state index contributed by atoms with van der Waals surface area (Å²) in [7, 11) is 0. The van der Waals surface area contributed by atoms with Crippen molar-refractivity contribution >= 4 is 10.8 Å². The Balaban J connectivity index is 2.34. The Hall–Kier alpha value is -2.13. The number of hydrogen-bond donors (Lipinski definition) is 1. The third-order valence-corrected chi connectivity index (χ3v) is 3.45. The first-order chi connectivity index (χ1) is 9.20. The van der Waals surface area contributed by atoms with Gasteiger partial charge >= 0.3 is 0 Å². The fourth-order valence-corrected chi connectivity index (χ4v) is 2.58. The Kier molecular flexibility index (Phi) is 2.84. The van der Waals surface area contributed by atoms with Crippen molar-refractivity contribution in [3.8, 4) is 5.69 Å². The molecule has 3 nitrogen and oxygen atoms in total. The molecule has 0 bridgehead atoms. The molecule has 0 amide bonds. The molecule has 3 heteroatoms. The second-order valence-electron chi connectivity index (χ2n) is 4.83. The average Bonchev–Trinajstić information content (AvgIpc) is 2.76. The Bertz CT molecular complexity index is 741. The lowest BCUT2D eigenvalue weighted by Crippen LogP contribution is -2.03. The molecule has 0 aliphatic carbocycles. The maximum absolute atomic E-state index is 5.82. The topological polar surface area (TPSA) is 43.8 Å². The van der Waals surface area contributed by atoms with Crippen LogP contribution in [0.3, 0.4) is 0 Å². The van der Waals surface area contributed by atoms with Crippen molar-refractivity contribution in [1.29, 1.82) is 0 Å². The lowest BCUT2D eigenvalue weighted by molar-refractivity contribution is 0.839. The van der Waals surface area contributed by atoms with Gasteiger partial charge in [0.15, 0.2) is 0 Å². The van der Waals surface area contributed by atoms with E-state index in [0.717, 1.165) is 17.1 Å². The number of nitrogens with two attached hydrogens (primary N) is 1. The van der Waals surface area contributed by atoms with Crippen molar-refractivity contribution in [3.05, 3.63) is 59.4 Å². The SMILES string of the molecule is Cc1cc(C)n(-c2ccc(CN)c3ccccc23)n1. The number of rotatable bonds is 2. The van der Waals surface area contributed by atoms with Crippen molar-refractivity contribution in [1.82, 2.24) is 9.78 Å². The summed E-state index contributed by atoms with van der Waals surface area (Å²) in [6, 6.07) is 14.6. The van der Waals surface area contributed by atoms with E-state index in [1.165, 1.54) is 16.3 Å². The second kappa shape index (κ2) is 4.52. The van der Waals surface area contributed by atoms with Gasteiger partial charge in [0.1, 0.15) is 0 Å². The van der Waals surface area contributed by atoms with Crippen molar-refractivity contribution in [2.24, 2.45) is 5.73 Å². The van der Waals surface area contributed by atoms with Gasteiger partial charge in [-0.25, -0.2) is 4.68 Å². The van der Waals surface area contributed by atoms with Crippen LogP contribution in [0.4, 0.5) is 0 Å². The molecule has 2 aromatic carbocycles. The van der Waals surface area contributed by atoms with Crippen LogP contribution < -0.4 is 5.73 Å². The van der Waals surface area contributed by atoms with E-state index in [1.807, 2.05) is 17.7 Å². The minimum absolute atomic E-state index is 0.553. The molecule has 3 rings (SSSR count). The Morgan fingerprint density at radius 2 is 1.79 bits per heavy atom. The van der Waals surface area contributed by atoms with Crippen molar-refractivity contribution in [2.75, 3.05) is 0 Å². The van der Waals surface area contributed by atoms with Gasteiger partial charge in [-0.3, -0.25) is 0 Å². The van der Waals surface area contributed by atoms with Crippen LogP contribution in [0.25, 0.3) is 16.5 Å². The highest BCUT2D eigenvalue weighted by atomic mass is 15.3. The Labute approximate surface area is 112 Å². The summed E-state index contributed by atoms with van der Waals surface area (Å²) >= 11 is 0. The van der Waals surface area contributed by atoms with Crippen LogP contribution in [-0.4, -0.2) is 9.78 Å². The van der Waals surface area contributed by atoms with Gasteiger partial charge in [-0.2, -0.15) is 5.10 Å². The van der Waals surface area contributed by atoms with Crippen molar-refractivity contribution in [3.63, 3.8) is 0 Å². The smallest absolute Gasteiger partial charge is 0.0727 e. The summed E-state index contributed by atoms with van der Waals surface area (Å²) in [5.74, 6) is 0. The highest BCUT2D eigenvalue weighted by Crippen LogP contribution is 2.26. The molecule has 0 fully saturated rings. The summed E-state index contributed by atoms with van der Waals surface area (Å²) in [4.78, 5) is 0. The van der Waals surface area contributed by atoms with E-state index in [1.54, 1.807) is 0 Å². The number of benzene rings is 2. The first kappa shape index (κ1) is 11.9. The van der Waals surface area contributed by atoms with Crippen LogP contribution in [0, 0.1) is 13.8 Å². The van der Waals surface area contributed by atoms with Gasteiger partial charge < -0.3 is 5.73 Å². The van der Waals surface area contributed by atoms with Gasteiger partial charge in [0.05, 0.1) is 11.4 Å². The van der Waals surface area contributed by atoms with Gasteiger partial charge in [0.2, 0.25) is 0 Å². The molecule has 19 heavy (non-hydrogen) atoms. The molecule has 0 unspecified atom stereocenters. The van der Waals surface area contributed by atoms with Gasteiger partial charge in [-0.1, -0.05) is 30.3 Å². The van der Waals surface area contributed by atoms with E-state index >= 15 is 0 Å². The van der Waals surface area contributed by atoms with Gasteiger partial charge in [0, 0.05) is 17.6 Å². The molecular weight excluding hydrogens is 234 g/mol. The molecule has 0 aliphatic heterocycles. The fourth-order valence-electron chi connectivity index (χ4n) is 2.58. The van der Waals surface area contributed by atoms with E-state index < -0.39 is 0 Å². The molecule has 0 atom stereocenters. The van der Waals surface area contributed by atoms with E-state index in [4.69, 9.17) is 5.73 Å². The first-order valence-electron chi connectivity index (χ1n) is 6.45. The van der Waals surface area contributed by atoms with E-state index in [0.29, 0.717) is 6.54 Å². The van der Waals surface area contributed by atoms with Crippen LogP contribution in [0.15, 0.2) is 42.5 Å². The molecule has 2 N–H and O–H groups in total.